The second-order valence-electron chi connectivity index (χ2n) is 3.82. The summed E-state index contributed by atoms with van der Waals surface area (Å²) in [6.07, 6.45) is 0. The highest BCUT2D eigenvalue weighted by molar-refractivity contribution is 6.31. The molecular formula is C11H15ClFN3O. The van der Waals surface area contributed by atoms with Crippen molar-refractivity contribution in [2.45, 2.75) is 19.5 Å². The summed E-state index contributed by atoms with van der Waals surface area (Å²) in [5.41, 5.74) is 5.88. The van der Waals surface area contributed by atoms with Crippen LogP contribution >= 0.6 is 11.6 Å². The number of hydrogen-bond donors (Lipinski definition) is 2. The number of rotatable bonds is 4. The molecule has 1 rings (SSSR count). The van der Waals surface area contributed by atoms with E-state index in [9.17, 15) is 4.39 Å². The standard InChI is InChI=1S/C11H15ClFN3O/c1-7(11(14)15-17)16(2)6-8-9(12)4-3-5-10(8)13/h3-5,7,17H,6H2,1-2H3,(H2,14,15). The van der Waals surface area contributed by atoms with Gasteiger partial charge >= 0.3 is 0 Å². The Labute approximate surface area is 104 Å². The number of oxime groups is 1. The lowest BCUT2D eigenvalue weighted by Crippen LogP contribution is -2.40. The van der Waals surface area contributed by atoms with Crippen LogP contribution in [0.2, 0.25) is 5.02 Å². The van der Waals surface area contributed by atoms with Crippen LogP contribution in [0.4, 0.5) is 4.39 Å². The Morgan fingerprint density at radius 2 is 2.29 bits per heavy atom. The first-order valence-corrected chi connectivity index (χ1v) is 5.45. The first kappa shape index (κ1) is 13.7. The van der Waals surface area contributed by atoms with Crippen LogP contribution in [0.5, 0.6) is 0 Å². The Kier molecular flexibility index (Phi) is 4.72. The maximum absolute atomic E-state index is 13.5. The van der Waals surface area contributed by atoms with Crippen molar-refractivity contribution < 1.29 is 9.60 Å². The van der Waals surface area contributed by atoms with Crippen LogP contribution in [0, 0.1) is 5.82 Å². The zero-order valence-electron chi connectivity index (χ0n) is 9.69. The minimum Gasteiger partial charge on any atom is -0.409 e. The largest absolute Gasteiger partial charge is 0.409 e. The topological polar surface area (TPSA) is 61.9 Å². The van der Waals surface area contributed by atoms with E-state index in [1.807, 2.05) is 0 Å². The van der Waals surface area contributed by atoms with Gasteiger partial charge in [-0.05, 0) is 26.1 Å². The number of likely N-dealkylation sites (N-methyl/N-ethyl adjacent to an activating group) is 1. The Bertz CT molecular complexity index is 405. The first-order chi connectivity index (χ1) is 7.97. The third-order valence-electron chi connectivity index (χ3n) is 2.67. The lowest BCUT2D eigenvalue weighted by Gasteiger charge is -2.24. The van der Waals surface area contributed by atoms with E-state index in [2.05, 4.69) is 5.16 Å². The fraction of sp³-hybridized carbons (Fsp3) is 0.364. The number of nitrogens with zero attached hydrogens (tertiary/aromatic N) is 2. The van der Waals surface area contributed by atoms with Gasteiger partial charge in [0.1, 0.15) is 5.82 Å². The van der Waals surface area contributed by atoms with Gasteiger partial charge in [-0.2, -0.15) is 0 Å². The van der Waals surface area contributed by atoms with Gasteiger partial charge in [0.15, 0.2) is 5.84 Å². The molecule has 3 N–H and O–H groups in total. The number of amidine groups is 1. The molecule has 0 aromatic heterocycles. The maximum atomic E-state index is 13.5. The molecule has 0 amide bonds. The fourth-order valence-corrected chi connectivity index (χ4v) is 1.60. The molecule has 0 radical (unpaired) electrons. The molecule has 0 aliphatic rings. The molecule has 0 bridgehead atoms. The molecule has 0 saturated heterocycles. The fourth-order valence-electron chi connectivity index (χ4n) is 1.38. The van der Waals surface area contributed by atoms with Crippen LogP contribution in [-0.4, -0.2) is 29.0 Å². The van der Waals surface area contributed by atoms with Gasteiger partial charge in [-0.15, -0.1) is 0 Å². The van der Waals surface area contributed by atoms with Crippen molar-refractivity contribution in [1.29, 1.82) is 0 Å². The molecule has 17 heavy (non-hydrogen) atoms. The van der Waals surface area contributed by atoms with Crippen LogP contribution in [0.1, 0.15) is 12.5 Å². The minimum atomic E-state index is -0.365. The Hall–Kier alpha value is -1.33. The van der Waals surface area contributed by atoms with Crippen LogP contribution in [-0.2, 0) is 6.54 Å². The van der Waals surface area contributed by atoms with E-state index in [0.29, 0.717) is 10.6 Å². The van der Waals surface area contributed by atoms with Crippen molar-refractivity contribution in [3.05, 3.63) is 34.6 Å². The predicted molar refractivity (Wildman–Crippen MR) is 65.7 cm³/mol. The zero-order chi connectivity index (χ0) is 13.0. The monoisotopic (exact) mass is 259 g/mol. The SMILES string of the molecule is CC(C(N)=NO)N(C)Cc1c(F)cccc1Cl. The molecule has 0 aliphatic heterocycles. The van der Waals surface area contributed by atoms with Crippen molar-refractivity contribution in [3.63, 3.8) is 0 Å². The molecule has 1 atom stereocenters. The van der Waals surface area contributed by atoms with Gasteiger partial charge in [0.05, 0.1) is 6.04 Å². The number of hydrogen-bond acceptors (Lipinski definition) is 3. The first-order valence-electron chi connectivity index (χ1n) is 5.08. The lowest BCUT2D eigenvalue weighted by molar-refractivity contribution is 0.276. The van der Waals surface area contributed by atoms with Gasteiger partial charge in [0.25, 0.3) is 0 Å². The van der Waals surface area contributed by atoms with Crippen LogP contribution in [0.15, 0.2) is 23.4 Å². The highest BCUT2D eigenvalue weighted by Gasteiger charge is 2.17. The molecule has 4 nitrogen and oxygen atoms in total. The maximum Gasteiger partial charge on any atom is 0.156 e. The van der Waals surface area contributed by atoms with E-state index in [-0.39, 0.29) is 24.2 Å². The Balaban J connectivity index is 2.85. The number of benzene rings is 1. The van der Waals surface area contributed by atoms with Gasteiger partial charge in [0.2, 0.25) is 0 Å². The second-order valence-corrected chi connectivity index (χ2v) is 4.22. The summed E-state index contributed by atoms with van der Waals surface area (Å²) < 4.78 is 13.5. The molecule has 0 spiro atoms. The number of nitrogens with two attached hydrogens (primary N) is 1. The molecule has 0 saturated carbocycles. The van der Waals surface area contributed by atoms with Crippen molar-refractivity contribution in [1.82, 2.24) is 4.90 Å². The highest BCUT2D eigenvalue weighted by atomic mass is 35.5. The average Bonchev–Trinajstić information content (AvgIpc) is 2.31. The van der Waals surface area contributed by atoms with Crippen LogP contribution < -0.4 is 5.73 Å². The second kappa shape index (κ2) is 5.84. The Morgan fingerprint density at radius 3 is 2.82 bits per heavy atom. The molecule has 94 valence electrons. The molecule has 6 heteroatoms. The van der Waals surface area contributed by atoms with Gasteiger partial charge in [-0.3, -0.25) is 4.90 Å². The summed E-state index contributed by atoms with van der Waals surface area (Å²) >= 11 is 5.91. The summed E-state index contributed by atoms with van der Waals surface area (Å²) in [6, 6.07) is 4.22. The third kappa shape index (κ3) is 3.31. The van der Waals surface area contributed by atoms with Gasteiger partial charge in [-0.25, -0.2) is 4.39 Å². The van der Waals surface area contributed by atoms with Crippen LogP contribution in [0.25, 0.3) is 0 Å². The average molecular weight is 260 g/mol. The van der Waals surface area contributed by atoms with Crippen LogP contribution in [0.3, 0.4) is 0 Å². The van der Waals surface area contributed by atoms with E-state index in [1.54, 1.807) is 31.0 Å². The van der Waals surface area contributed by atoms with Crippen molar-refractivity contribution in [2.75, 3.05) is 7.05 Å². The molecule has 1 aromatic rings. The predicted octanol–water partition coefficient (Wildman–Crippen LogP) is 2.05. The zero-order valence-corrected chi connectivity index (χ0v) is 10.4. The number of halogens is 2. The van der Waals surface area contributed by atoms with E-state index in [4.69, 9.17) is 22.5 Å². The van der Waals surface area contributed by atoms with E-state index >= 15 is 0 Å². The summed E-state index contributed by atoms with van der Waals surface area (Å²) in [7, 11) is 1.74. The summed E-state index contributed by atoms with van der Waals surface area (Å²) in [4.78, 5) is 1.74. The quantitative estimate of drug-likeness (QED) is 0.377. The lowest BCUT2D eigenvalue weighted by atomic mass is 10.1. The van der Waals surface area contributed by atoms with Gasteiger partial charge in [-0.1, -0.05) is 22.8 Å². The smallest absolute Gasteiger partial charge is 0.156 e. The molecule has 1 aromatic carbocycles. The summed E-state index contributed by atoms with van der Waals surface area (Å²) in [6.45, 7) is 2.03. The molecule has 0 aliphatic carbocycles. The third-order valence-corrected chi connectivity index (χ3v) is 3.03. The van der Waals surface area contributed by atoms with E-state index in [0.717, 1.165) is 0 Å². The molecule has 0 heterocycles. The molecular weight excluding hydrogens is 245 g/mol. The van der Waals surface area contributed by atoms with Crippen molar-refractivity contribution in [2.24, 2.45) is 10.9 Å². The molecule has 0 fully saturated rings. The van der Waals surface area contributed by atoms with Gasteiger partial charge < -0.3 is 10.9 Å². The molecule has 1 unspecified atom stereocenters. The van der Waals surface area contributed by atoms with E-state index in [1.165, 1.54) is 6.07 Å². The van der Waals surface area contributed by atoms with Gasteiger partial charge in [0, 0.05) is 17.1 Å². The van der Waals surface area contributed by atoms with E-state index < -0.39 is 0 Å². The minimum absolute atomic E-state index is 0.0694. The highest BCUT2D eigenvalue weighted by Crippen LogP contribution is 2.20. The van der Waals surface area contributed by atoms with Crippen molar-refractivity contribution in [3.8, 4) is 0 Å². The summed E-state index contributed by atoms with van der Waals surface area (Å²) in [5, 5.41) is 11.9. The van der Waals surface area contributed by atoms with Crippen molar-refractivity contribution >= 4 is 17.4 Å². The Morgan fingerprint density at radius 1 is 1.65 bits per heavy atom. The summed E-state index contributed by atoms with van der Waals surface area (Å²) in [5.74, 6) is -0.295. The normalized spacial score (nSPS) is 14.1.